The van der Waals surface area contributed by atoms with Gasteiger partial charge < -0.3 is 10.4 Å². The lowest BCUT2D eigenvalue weighted by Crippen LogP contribution is -2.53. The average Bonchev–Trinajstić information content (AvgIpc) is 2.27. The summed E-state index contributed by atoms with van der Waals surface area (Å²) in [6.07, 6.45) is 1.99. The molecule has 20 heavy (non-hydrogen) atoms. The fourth-order valence-electron chi connectivity index (χ4n) is 2.65. The van der Waals surface area contributed by atoms with Crippen LogP contribution in [0.3, 0.4) is 0 Å². The molecule has 0 aliphatic rings. The van der Waals surface area contributed by atoms with Crippen LogP contribution >= 0.6 is 0 Å². The Morgan fingerprint density at radius 1 is 1.10 bits per heavy atom. The fourth-order valence-corrected chi connectivity index (χ4v) is 2.65. The molecule has 0 aliphatic heterocycles. The summed E-state index contributed by atoms with van der Waals surface area (Å²) in [5, 5.41) is 13.6. The molecule has 0 bridgehead atoms. The normalized spacial score (nSPS) is 15.2. The third kappa shape index (κ3) is 6.23. The maximum absolute atomic E-state index is 12.4. The molecule has 120 valence electrons. The van der Waals surface area contributed by atoms with Crippen LogP contribution in [0.4, 0.5) is 0 Å². The summed E-state index contributed by atoms with van der Waals surface area (Å²) >= 11 is 0. The van der Waals surface area contributed by atoms with E-state index < -0.39 is 6.23 Å². The quantitative estimate of drug-likeness (QED) is 0.641. The summed E-state index contributed by atoms with van der Waals surface area (Å²) in [7, 11) is 0. The summed E-state index contributed by atoms with van der Waals surface area (Å²) < 4.78 is 0. The first-order valence-corrected chi connectivity index (χ1v) is 7.98. The number of nitrogens with zero attached hydrogens (tertiary/aromatic N) is 1. The van der Waals surface area contributed by atoms with E-state index in [1.54, 1.807) is 0 Å². The molecule has 2 N–H and O–H groups in total. The van der Waals surface area contributed by atoms with Crippen molar-refractivity contribution in [3.8, 4) is 0 Å². The zero-order chi connectivity index (χ0) is 15.9. The first-order valence-electron chi connectivity index (χ1n) is 7.98. The highest BCUT2D eigenvalue weighted by Gasteiger charge is 2.33. The predicted molar refractivity (Wildman–Crippen MR) is 84.4 cm³/mol. The second-order valence-electron chi connectivity index (χ2n) is 6.46. The molecule has 0 radical (unpaired) electrons. The van der Waals surface area contributed by atoms with E-state index in [4.69, 9.17) is 0 Å². The van der Waals surface area contributed by atoms with Gasteiger partial charge in [-0.3, -0.25) is 9.69 Å². The first-order chi connectivity index (χ1) is 9.22. The molecule has 0 saturated carbocycles. The molecule has 4 heteroatoms. The Morgan fingerprint density at radius 3 is 1.95 bits per heavy atom. The van der Waals surface area contributed by atoms with Gasteiger partial charge >= 0.3 is 0 Å². The van der Waals surface area contributed by atoms with Crippen LogP contribution in [-0.4, -0.2) is 40.3 Å². The van der Waals surface area contributed by atoms with Gasteiger partial charge in [-0.2, -0.15) is 0 Å². The number of nitrogens with one attached hydrogen (secondary N) is 1. The highest BCUT2D eigenvalue weighted by Crippen LogP contribution is 2.21. The number of aliphatic hydroxyl groups excluding tert-OH is 1. The summed E-state index contributed by atoms with van der Waals surface area (Å²) in [6.45, 7) is 14.2. The molecule has 2 unspecified atom stereocenters. The Balaban J connectivity index is 5.02. The van der Waals surface area contributed by atoms with Gasteiger partial charge in [-0.05, 0) is 48.0 Å². The molecule has 0 aromatic rings. The largest absolute Gasteiger partial charge is 0.378 e. The van der Waals surface area contributed by atoms with Crippen LogP contribution in [0.5, 0.6) is 0 Å². The number of unbranched alkanes of at least 4 members (excludes halogenated alkanes) is 1. The zero-order valence-electron chi connectivity index (χ0n) is 14.3. The molecule has 0 aromatic carbocycles. The van der Waals surface area contributed by atoms with Crippen molar-refractivity contribution >= 4 is 5.91 Å². The van der Waals surface area contributed by atoms with Gasteiger partial charge in [0.05, 0.1) is 5.92 Å². The van der Waals surface area contributed by atoms with Crippen molar-refractivity contribution in [3.63, 3.8) is 0 Å². The van der Waals surface area contributed by atoms with Crippen molar-refractivity contribution in [2.24, 2.45) is 5.92 Å². The van der Waals surface area contributed by atoms with E-state index in [1.165, 1.54) is 0 Å². The Hall–Kier alpha value is -0.610. The summed E-state index contributed by atoms with van der Waals surface area (Å²) in [5.74, 6) is -0.394. The highest BCUT2D eigenvalue weighted by atomic mass is 16.3. The van der Waals surface area contributed by atoms with Crippen molar-refractivity contribution in [1.82, 2.24) is 10.2 Å². The third-order valence-electron chi connectivity index (χ3n) is 3.49. The van der Waals surface area contributed by atoms with Crippen molar-refractivity contribution in [3.05, 3.63) is 0 Å². The van der Waals surface area contributed by atoms with Gasteiger partial charge in [-0.25, -0.2) is 0 Å². The Bertz CT molecular complexity index is 270. The lowest BCUT2D eigenvalue weighted by Gasteiger charge is -2.38. The predicted octanol–water partition coefficient (Wildman–Crippen LogP) is 2.75. The van der Waals surface area contributed by atoms with Crippen LogP contribution in [0.15, 0.2) is 0 Å². The van der Waals surface area contributed by atoms with Gasteiger partial charge in [0.2, 0.25) is 5.91 Å². The van der Waals surface area contributed by atoms with Crippen molar-refractivity contribution in [1.29, 1.82) is 0 Å². The molecule has 0 spiro atoms. The second kappa shape index (κ2) is 9.35. The number of carbonyl (C=O) groups excluding carboxylic acids is 1. The van der Waals surface area contributed by atoms with Crippen LogP contribution in [0.2, 0.25) is 0 Å². The maximum atomic E-state index is 12.4. The molecule has 2 atom stereocenters. The van der Waals surface area contributed by atoms with E-state index in [0.29, 0.717) is 0 Å². The number of hydrogen-bond acceptors (Lipinski definition) is 3. The van der Waals surface area contributed by atoms with E-state index >= 15 is 0 Å². The standard InChI is InChI=1S/C16H34N2O2/c1-8-9-10-14(15(19)17-11(2)3)16(20)18(12(4)5)13(6)7/h11-14,16,20H,8-10H2,1-7H3,(H,17,19). The van der Waals surface area contributed by atoms with E-state index in [1.807, 2.05) is 18.7 Å². The van der Waals surface area contributed by atoms with Crippen molar-refractivity contribution in [2.45, 2.75) is 92.1 Å². The van der Waals surface area contributed by atoms with Crippen LogP contribution in [0.1, 0.15) is 67.7 Å². The fraction of sp³-hybridized carbons (Fsp3) is 0.938. The molecule has 0 rings (SSSR count). The Labute approximate surface area is 124 Å². The molecule has 1 amide bonds. The topological polar surface area (TPSA) is 52.6 Å². The number of aliphatic hydroxyl groups is 1. The molecule has 0 aliphatic carbocycles. The van der Waals surface area contributed by atoms with Gasteiger partial charge in [0.1, 0.15) is 6.23 Å². The van der Waals surface area contributed by atoms with Crippen LogP contribution in [-0.2, 0) is 4.79 Å². The van der Waals surface area contributed by atoms with Gasteiger partial charge in [-0.15, -0.1) is 0 Å². The average molecular weight is 286 g/mol. The minimum atomic E-state index is -0.722. The maximum Gasteiger partial charge on any atom is 0.227 e. The smallest absolute Gasteiger partial charge is 0.227 e. The lowest BCUT2D eigenvalue weighted by molar-refractivity contribution is -0.139. The first kappa shape index (κ1) is 19.4. The Kier molecular flexibility index (Phi) is 9.06. The van der Waals surface area contributed by atoms with Crippen LogP contribution in [0.25, 0.3) is 0 Å². The number of amides is 1. The number of rotatable bonds is 9. The van der Waals surface area contributed by atoms with Crippen LogP contribution < -0.4 is 5.32 Å². The van der Waals surface area contributed by atoms with Gasteiger partial charge in [0.25, 0.3) is 0 Å². The summed E-state index contributed by atoms with van der Waals surface area (Å²) in [5.41, 5.74) is 0. The van der Waals surface area contributed by atoms with Gasteiger partial charge in [0, 0.05) is 18.1 Å². The number of hydrogen-bond donors (Lipinski definition) is 2. The van der Waals surface area contributed by atoms with Crippen molar-refractivity contribution < 1.29 is 9.90 Å². The van der Waals surface area contributed by atoms with E-state index in [9.17, 15) is 9.90 Å². The lowest BCUT2D eigenvalue weighted by atomic mass is 9.96. The summed E-state index contributed by atoms with van der Waals surface area (Å²) in [4.78, 5) is 14.4. The monoisotopic (exact) mass is 286 g/mol. The number of carbonyl (C=O) groups is 1. The minimum Gasteiger partial charge on any atom is -0.378 e. The molecular weight excluding hydrogens is 252 g/mol. The molecule has 4 nitrogen and oxygen atoms in total. The SMILES string of the molecule is CCCCC(C(=O)NC(C)C)C(O)N(C(C)C)C(C)C. The molecule has 0 aromatic heterocycles. The highest BCUT2D eigenvalue weighted by molar-refractivity contribution is 5.79. The minimum absolute atomic E-state index is 0.0350. The van der Waals surface area contributed by atoms with E-state index in [2.05, 4.69) is 39.9 Å². The Morgan fingerprint density at radius 2 is 1.60 bits per heavy atom. The molecule has 0 saturated heterocycles. The van der Waals surface area contributed by atoms with Gasteiger partial charge in [-0.1, -0.05) is 19.8 Å². The molecular formula is C16H34N2O2. The van der Waals surface area contributed by atoms with Crippen molar-refractivity contribution in [2.75, 3.05) is 0 Å². The zero-order valence-corrected chi connectivity index (χ0v) is 14.3. The summed E-state index contributed by atoms with van der Waals surface area (Å²) in [6, 6.07) is 0.521. The second-order valence-corrected chi connectivity index (χ2v) is 6.46. The van der Waals surface area contributed by atoms with E-state index in [0.717, 1.165) is 19.3 Å². The molecule has 0 fully saturated rings. The van der Waals surface area contributed by atoms with Crippen LogP contribution in [0, 0.1) is 5.92 Å². The molecule has 0 heterocycles. The van der Waals surface area contributed by atoms with Gasteiger partial charge in [0.15, 0.2) is 0 Å². The third-order valence-corrected chi connectivity index (χ3v) is 3.49. The van der Waals surface area contributed by atoms with E-state index in [-0.39, 0.29) is 30.0 Å².